The van der Waals surface area contributed by atoms with Crippen LogP contribution in [0.4, 0.5) is 4.39 Å². The number of benzene rings is 2. The number of rotatable bonds is 11. The molecule has 1 amide bonds. The molecule has 3 rings (SSSR count). The highest BCUT2D eigenvalue weighted by Crippen LogP contribution is 2.38. The summed E-state index contributed by atoms with van der Waals surface area (Å²) < 4.78 is 44.4. The van der Waals surface area contributed by atoms with Crippen molar-refractivity contribution < 1.29 is 22.3 Å². The number of carbonyl (C=O) groups is 1. The Morgan fingerprint density at radius 3 is 2.41 bits per heavy atom. The largest absolute Gasteiger partial charge is 0.493 e. The van der Waals surface area contributed by atoms with E-state index in [9.17, 15) is 17.6 Å². The Morgan fingerprint density at radius 1 is 1.03 bits per heavy atom. The first kappa shape index (κ1) is 28.7. The van der Waals surface area contributed by atoms with Crippen LogP contribution in [0.15, 0.2) is 47.4 Å². The van der Waals surface area contributed by atoms with Crippen molar-refractivity contribution >= 4 is 21.4 Å². The number of fused-ring (bicyclic) bond motifs is 1. The van der Waals surface area contributed by atoms with E-state index < -0.39 is 15.7 Å². The van der Waals surface area contributed by atoms with Gasteiger partial charge >= 0.3 is 0 Å². The van der Waals surface area contributed by atoms with Crippen molar-refractivity contribution in [2.45, 2.75) is 83.0 Å². The Kier molecular flexibility index (Phi) is 8.73. The van der Waals surface area contributed by atoms with Gasteiger partial charge in [-0.3, -0.25) is 15.6 Å². The predicted octanol–water partition coefficient (Wildman–Crippen LogP) is 5.81. The average Bonchev–Trinajstić information content (AvgIpc) is 2.85. The number of hydrazine groups is 1. The molecular weight excluding hydrogens is 491 g/mol. The van der Waals surface area contributed by atoms with Gasteiger partial charge in [0.2, 0.25) is 5.91 Å². The summed E-state index contributed by atoms with van der Waals surface area (Å²) in [6.45, 7) is 13.7. The first-order chi connectivity index (χ1) is 17.3. The number of nitrogens with one attached hydrogen (secondary N) is 2. The zero-order chi connectivity index (χ0) is 27.4. The number of amides is 1. The molecule has 0 spiro atoms. The van der Waals surface area contributed by atoms with Crippen molar-refractivity contribution in [3.05, 3.63) is 65.0 Å². The van der Waals surface area contributed by atoms with Gasteiger partial charge in [-0.1, -0.05) is 53.7 Å². The Bertz CT molecular complexity index is 1280. The molecule has 0 saturated carbocycles. The van der Waals surface area contributed by atoms with E-state index in [0.29, 0.717) is 18.7 Å². The van der Waals surface area contributed by atoms with E-state index in [4.69, 9.17) is 4.74 Å². The van der Waals surface area contributed by atoms with E-state index in [0.717, 1.165) is 30.7 Å². The van der Waals surface area contributed by atoms with Crippen molar-refractivity contribution in [1.29, 1.82) is 0 Å². The number of halogens is 1. The Labute approximate surface area is 220 Å². The maximum absolute atomic E-state index is 13.7. The topological polar surface area (TPSA) is 84.5 Å². The molecule has 1 heterocycles. The van der Waals surface area contributed by atoms with E-state index in [-0.39, 0.29) is 39.4 Å². The van der Waals surface area contributed by atoms with E-state index in [1.54, 1.807) is 0 Å². The lowest BCUT2D eigenvalue weighted by molar-refractivity contribution is -0.121. The number of sulfone groups is 1. The lowest BCUT2D eigenvalue weighted by Crippen LogP contribution is -2.37. The number of hydrogen-bond donors (Lipinski definition) is 2. The molecule has 1 aliphatic heterocycles. The molecule has 2 aromatic carbocycles. The minimum absolute atomic E-state index is 0.0423. The zero-order valence-corrected chi connectivity index (χ0v) is 23.5. The molecule has 37 heavy (non-hydrogen) atoms. The lowest BCUT2D eigenvalue weighted by Gasteiger charge is -2.30. The van der Waals surface area contributed by atoms with Gasteiger partial charge in [-0.25, -0.2) is 12.8 Å². The van der Waals surface area contributed by atoms with E-state index >= 15 is 0 Å². The second-order valence-electron chi connectivity index (χ2n) is 10.9. The maximum Gasteiger partial charge on any atom is 0.238 e. The van der Waals surface area contributed by atoms with Crippen LogP contribution in [0.5, 0.6) is 5.75 Å². The molecule has 0 bridgehead atoms. The second kappa shape index (κ2) is 11.3. The number of hydrogen-bond acceptors (Lipinski definition) is 5. The molecule has 0 atom stereocenters. The smallest absolute Gasteiger partial charge is 0.238 e. The fourth-order valence-electron chi connectivity index (χ4n) is 4.11. The highest BCUT2D eigenvalue weighted by atomic mass is 32.2. The van der Waals surface area contributed by atoms with Gasteiger partial charge < -0.3 is 4.74 Å². The molecule has 0 aromatic heterocycles. The van der Waals surface area contributed by atoms with Gasteiger partial charge in [-0.05, 0) is 66.0 Å². The van der Waals surface area contributed by atoms with Crippen LogP contribution in [0.1, 0.15) is 83.9 Å². The molecule has 0 fully saturated rings. The lowest BCUT2D eigenvalue weighted by atomic mass is 9.76. The quantitative estimate of drug-likeness (QED) is 0.218. The third-order valence-electron chi connectivity index (χ3n) is 7.47. The standard InChI is InChI=1S/C29H39FN2O4S/c1-7-28(3,4)20-11-13-25(23(18-20)29(5,6)8-2)36-16-9-10-27(33)32-31-24-15-17-37(34,35)26-14-12-21(30)19-22(24)26/h11-15,18-19,31H,7-10,16-17H2,1-6H3,(H,32,33). The Morgan fingerprint density at radius 2 is 1.73 bits per heavy atom. The van der Waals surface area contributed by atoms with Crippen LogP contribution in [0.3, 0.4) is 0 Å². The summed E-state index contributed by atoms with van der Waals surface area (Å²) in [6, 6.07) is 9.94. The van der Waals surface area contributed by atoms with Crippen LogP contribution in [-0.4, -0.2) is 26.7 Å². The molecule has 0 radical (unpaired) electrons. The van der Waals surface area contributed by atoms with Crippen LogP contribution < -0.4 is 15.6 Å². The maximum atomic E-state index is 13.7. The summed E-state index contributed by atoms with van der Waals surface area (Å²) in [5.74, 6) is -0.204. The fraction of sp³-hybridized carbons (Fsp3) is 0.483. The van der Waals surface area contributed by atoms with Crippen LogP contribution in [0.2, 0.25) is 0 Å². The Hall–Kier alpha value is -2.87. The van der Waals surface area contributed by atoms with Crippen molar-refractivity contribution in [2.75, 3.05) is 12.4 Å². The van der Waals surface area contributed by atoms with Gasteiger partial charge in [0.05, 0.1) is 23.0 Å². The van der Waals surface area contributed by atoms with Gasteiger partial charge in [-0.2, -0.15) is 0 Å². The third kappa shape index (κ3) is 6.72. The summed E-state index contributed by atoms with van der Waals surface area (Å²) in [6.07, 6.45) is 4.15. The van der Waals surface area contributed by atoms with E-state index in [1.807, 2.05) is 6.07 Å². The summed E-state index contributed by atoms with van der Waals surface area (Å²) in [7, 11) is -3.52. The zero-order valence-electron chi connectivity index (χ0n) is 22.7. The molecule has 2 aromatic rings. The molecule has 1 aliphatic rings. The van der Waals surface area contributed by atoms with Gasteiger partial charge in [-0.15, -0.1) is 0 Å². The average molecular weight is 531 g/mol. The molecule has 202 valence electrons. The van der Waals surface area contributed by atoms with Crippen LogP contribution in [0, 0.1) is 5.82 Å². The van der Waals surface area contributed by atoms with Crippen molar-refractivity contribution in [1.82, 2.24) is 10.9 Å². The minimum Gasteiger partial charge on any atom is -0.493 e. The highest BCUT2D eigenvalue weighted by Gasteiger charge is 2.27. The molecule has 0 unspecified atom stereocenters. The van der Waals surface area contributed by atoms with Crippen LogP contribution in [0.25, 0.3) is 5.70 Å². The van der Waals surface area contributed by atoms with Gasteiger partial charge in [0.1, 0.15) is 11.6 Å². The first-order valence-electron chi connectivity index (χ1n) is 12.9. The van der Waals surface area contributed by atoms with Gasteiger partial charge in [0, 0.05) is 17.5 Å². The van der Waals surface area contributed by atoms with Gasteiger partial charge in [0.15, 0.2) is 9.84 Å². The summed E-state index contributed by atoms with van der Waals surface area (Å²) in [5.41, 5.74) is 8.39. The van der Waals surface area contributed by atoms with Crippen LogP contribution in [-0.2, 0) is 25.5 Å². The highest BCUT2D eigenvalue weighted by molar-refractivity contribution is 7.91. The van der Waals surface area contributed by atoms with Gasteiger partial charge in [0.25, 0.3) is 0 Å². The molecular formula is C29H39FN2O4S. The van der Waals surface area contributed by atoms with Crippen molar-refractivity contribution in [2.24, 2.45) is 0 Å². The molecule has 0 aliphatic carbocycles. The SMILES string of the molecule is CCC(C)(C)c1ccc(OCCCC(=O)NNC2=CCS(=O)(=O)c3ccc(F)cc32)c(C(C)(C)CC)c1. The normalized spacial score (nSPS) is 14.9. The summed E-state index contributed by atoms with van der Waals surface area (Å²) in [4.78, 5) is 12.5. The summed E-state index contributed by atoms with van der Waals surface area (Å²) >= 11 is 0. The fourth-order valence-corrected chi connectivity index (χ4v) is 5.45. The molecule has 8 heteroatoms. The minimum atomic E-state index is -3.52. The molecule has 0 saturated heterocycles. The summed E-state index contributed by atoms with van der Waals surface area (Å²) in [5, 5.41) is 0. The second-order valence-corrected chi connectivity index (χ2v) is 12.9. The monoisotopic (exact) mass is 530 g/mol. The first-order valence-corrected chi connectivity index (χ1v) is 14.5. The third-order valence-corrected chi connectivity index (χ3v) is 9.11. The van der Waals surface area contributed by atoms with Crippen LogP contribution >= 0.6 is 0 Å². The van der Waals surface area contributed by atoms with Crippen molar-refractivity contribution in [3.63, 3.8) is 0 Å². The number of carbonyl (C=O) groups excluding carboxylic acids is 1. The Balaban J connectivity index is 1.58. The van der Waals surface area contributed by atoms with E-state index in [2.05, 4.69) is 64.5 Å². The van der Waals surface area contributed by atoms with E-state index in [1.165, 1.54) is 23.3 Å². The molecule has 6 nitrogen and oxygen atoms in total. The molecule has 2 N–H and O–H groups in total. The van der Waals surface area contributed by atoms with Crippen molar-refractivity contribution in [3.8, 4) is 5.75 Å². The number of ether oxygens (including phenoxy) is 1. The predicted molar refractivity (Wildman–Crippen MR) is 146 cm³/mol.